The zero-order valence-electron chi connectivity index (χ0n) is 10.6. The Morgan fingerprint density at radius 1 is 1.21 bits per heavy atom. The second-order valence-corrected chi connectivity index (χ2v) is 5.22. The van der Waals surface area contributed by atoms with Crippen molar-refractivity contribution in [3.8, 4) is 0 Å². The molecule has 1 aromatic heterocycles. The monoisotopic (exact) mass is 340 g/mol. The molecule has 1 atom stereocenters. The SMILES string of the molecule is CNc1ncnc(NC(C)c2ccccc2Cl)c1Br. The van der Waals surface area contributed by atoms with Crippen LogP contribution in [0.1, 0.15) is 18.5 Å². The molecule has 0 aliphatic rings. The van der Waals surface area contributed by atoms with Crippen molar-refractivity contribution in [1.82, 2.24) is 9.97 Å². The summed E-state index contributed by atoms with van der Waals surface area (Å²) in [7, 11) is 1.81. The lowest BCUT2D eigenvalue weighted by molar-refractivity contribution is 0.870. The summed E-state index contributed by atoms with van der Waals surface area (Å²) in [6, 6.07) is 7.80. The van der Waals surface area contributed by atoms with E-state index in [-0.39, 0.29) is 6.04 Å². The van der Waals surface area contributed by atoms with Gasteiger partial charge in [-0.15, -0.1) is 0 Å². The Morgan fingerprint density at radius 3 is 2.58 bits per heavy atom. The minimum absolute atomic E-state index is 0.0459. The Kier molecular flexibility index (Phi) is 4.61. The smallest absolute Gasteiger partial charge is 0.146 e. The topological polar surface area (TPSA) is 49.8 Å². The highest BCUT2D eigenvalue weighted by Crippen LogP contribution is 2.30. The van der Waals surface area contributed by atoms with Crippen LogP contribution < -0.4 is 10.6 Å². The van der Waals surface area contributed by atoms with Crippen molar-refractivity contribution in [2.75, 3.05) is 17.7 Å². The van der Waals surface area contributed by atoms with Crippen LogP contribution in [0.15, 0.2) is 35.1 Å². The molecule has 6 heteroatoms. The van der Waals surface area contributed by atoms with Gasteiger partial charge >= 0.3 is 0 Å². The van der Waals surface area contributed by atoms with Crippen LogP contribution >= 0.6 is 27.5 Å². The van der Waals surface area contributed by atoms with Gasteiger partial charge in [-0.1, -0.05) is 29.8 Å². The molecule has 0 aliphatic heterocycles. The summed E-state index contributed by atoms with van der Waals surface area (Å²) in [6.45, 7) is 2.04. The van der Waals surface area contributed by atoms with E-state index in [1.54, 1.807) is 0 Å². The number of aromatic nitrogens is 2. The van der Waals surface area contributed by atoms with Crippen molar-refractivity contribution in [2.24, 2.45) is 0 Å². The molecule has 1 aromatic carbocycles. The lowest BCUT2D eigenvalue weighted by Gasteiger charge is -2.17. The summed E-state index contributed by atoms with van der Waals surface area (Å²) >= 11 is 9.66. The van der Waals surface area contributed by atoms with E-state index >= 15 is 0 Å². The quantitative estimate of drug-likeness (QED) is 0.879. The minimum atomic E-state index is 0.0459. The Labute approximate surface area is 125 Å². The van der Waals surface area contributed by atoms with Gasteiger partial charge in [0.15, 0.2) is 0 Å². The minimum Gasteiger partial charge on any atom is -0.372 e. The number of hydrogen-bond acceptors (Lipinski definition) is 4. The standard InChI is InChI=1S/C13H14BrClN4/c1-8(9-5-3-4-6-10(9)15)19-13-11(14)12(16-2)17-7-18-13/h3-8H,1-2H3,(H2,16,17,18,19). The van der Waals surface area contributed by atoms with Gasteiger partial charge in [-0.2, -0.15) is 0 Å². The van der Waals surface area contributed by atoms with Crippen molar-refractivity contribution in [2.45, 2.75) is 13.0 Å². The van der Waals surface area contributed by atoms with Crippen molar-refractivity contribution >= 4 is 39.2 Å². The van der Waals surface area contributed by atoms with E-state index in [1.165, 1.54) is 6.33 Å². The average Bonchev–Trinajstić information content (AvgIpc) is 2.41. The maximum Gasteiger partial charge on any atom is 0.146 e. The Morgan fingerprint density at radius 2 is 1.89 bits per heavy atom. The molecule has 0 saturated heterocycles. The van der Waals surface area contributed by atoms with Crippen LogP contribution in [0.2, 0.25) is 5.02 Å². The molecule has 0 spiro atoms. The highest BCUT2D eigenvalue weighted by atomic mass is 79.9. The number of benzene rings is 1. The van der Waals surface area contributed by atoms with Crippen molar-refractivity contribution in [3.63, 3.8) is 0 Å². The molecule has 2 rings (SSSR count). The zero-order valence-corrected chi connectivity index (χ0v) is 13.0. The van der Waals surface area contributed by atoms with Crippen LogP contribution in [-0.2, 0) is 0 Å². The zero-order chi connectivity index (χ0) is 13.8. The number of nitrogens with zero attached hydrogens (tertiary/aromatic N) is 2. The third kappa shape index (κ3) is 3.16. The molecule has 0 radical (unpaired) electrons. The number of rotatable bonds is 4. The molecule has 1 heterocycles. The van der Waals surface area contributed by atoms with E-state index in [0.717, 1.165) is 26.7 Å². The number of hydrogen-bond donors (Lipinski definition) is 2. The summed E-state index contributed by atoms with van der Waals surface area (Å²) in [5.74, 6) is 1.47. The molecule has 100 valence electrons. The van der Waals surface area contributed by atoms with Gasteiger partial charge in [0.25, 0.3) is 0 Å². The molecule has 0 fully saturated rings. The largest absolute Gasteiger partial charge is 0.372 e. The first-order valence-corrected chi connectivity index (χ1v) is 6.99. The molecule has 0 bridgehead atoms. The highest BCUT2D eigenvalue weighted by molar-refractivity contribution is 9.10. The number of halogens is 2. The number of anilines is 2. The lowest BCUT2D eigenvalue weighted by atomic mass is 10.1. The molecule has 0 amide bonds. The van der Waals surface area contributed by atoms with Gasteiger partial charge in [0, 0.05) is 12.1 Å². The third-order valence-electron chi connectivity index (χ3n) is 2.75. The molecule has 1 unspecified atom stereocenters. The predicted molar refractivity (Wildman–Crippen MR) is 82.8 cm³/mol. The van der Waals surface area contributed by atoms with Gasteiger partial charge in [-0.05, 0) is 34.5 Å². The summed E-state index contributed by atoms with van der Waals surface area (Å²) in [5.41, 5.74) is 1.03. The van der Waals surface area contributed by atoms with Crippen molar-refractivity contribution in [1.29, 1.82) is 0 Å². The fraction of sp³-hybridized carbons (Fsp3) is 0.231. The van der Waals surface area contributed by atoms with Gasteiger partial charge in [0.2, 0.25) is 0 Å². The number of nitrogens with one attached hydrogen (secondary N) is 2. The second kappa shape index (κ2) is 6.21. The van der Waals surface area contributed by atoms with E-state index in [4.69, 9.17) is 11.6 Å². The maximum atomic E-state index is 6.19. The summed E-state index contributed by atoms with van der Waals surface area (Å²) in [4.78, 5) is 8.35. The molecule has 0 aliphatic carbocycles. The van der Waals surface area contributed by atoms with Gasteiger partial charge in [-0.3, -0.25) is 0 Å². The van der Waals surface area contributed by atoms with Crippen LogP contribution in [0.3, 0.4) is 0 Å². The Balaban J connectivity index is 2.24. The van der Waals surface area contributed by atoms with Gasteiger partial charge < -0.3 is 10.6 Å². The van der Waals surface area contributed by atoms with E-state index in [1.807, 2.05) is 38.2 Å². The lowest BCUT2D eigenvalue weighted by Crippen LogP contribution is -2.10. The highest BCUT2D eigenvalue weighted by Gasteiger charge is 2.13. The fourth-order valence-corrected chi connectivity index (χ4v) is 2.57. The van der Waals surface area contributed by atoms with Crippen molar-refractivity contribution in [3.05, 3.63) is 45.7 Å². The first kappa shape index (κ1) is 14.1. The van der Waals surface area contributed by atoms with E-state index < -0.39 is 0 Å². The van der Waals surface area contributed by atoms with Crippen LogP contribution in [0, 0.1) is 0 Å². The van der Waals surface area contributed by atoms with Crippen LogP contribution in [0.5, 0.6) is 0 Å². The second-order valence-electron chi connectivity index (χ2n) is 4.02. The molecular formula is C13H14BrClN4. The molecular weight excluding hydrogens is 328 g/mol. The van der Waals surface area contributed by atoms with E-state index in [9.17, 15) is 0 Å². The molecule has 4 nitrogen and oxygen atoms in total. The Bertz CT molecular complexity index is 576. The third-order valence-corrected chi connectivity index (χ3v) is 3.85. The summed E-state index contributed by atoms with van der Waals surface area (Å²) in [5, 5.41) is 7.05. The summed E-state index contributed by atoms with van der Waals surface area (Å²) in [6.07, 6.45) is 1.51. The summed E-state index contributed by atoms with van der Waals surface area (Å²) < 4.78 is 0.802. The van der Waals surface area contributed by atoms with Gasteiger partial charge in [-0.25, -0.2) is 9.97 Å². The van der Waals surface area contributed by atoms with Gasteiger partial charge in [0.05, 0.1) is 6.04 Å². The van der Waals surface area contributed by atoms with E-state index in [2.05, 4.69) is 36.5 Å². The fourth-order valence-electron chi connectivity index (χ4n) is 1.75. The van der Waals surface area contributed by atoms with Crippen LogP contribution in [-0.4, -0.2) is 17.0 Å². The molecule has 0 saturated carbocycles. The van der Waals surface area contributed by atoms with Crippen LogP contribution in [0.4, 0.5) is 11.6 Å². The molecule has 2 aromatic rings. The Hall–Kier alpha value is -1.33. The first-order valence-electron chi connectivity index (χ1n) is 5.82. The normalized spacial score (nSPS) is 12.0. The average molecular weight is 342 g/mol. The predicted octanol–water partition coefficient (Wildman–Crippen LogP) is 4.11. The molecule has 19 heavy (non-hydrogen) atoms. The molecule has 2 N–H and O–H groups in total. The maximum absolute atomic E-state index is 6.19. The van der Waals surface area contributed by atoms with E-state index in [0.29, 0.717) is 0 Å². The van der Waals surface area contributed by atoms with Crippen molar-refractivity contribution < 1.29 is 0 Å². The van der Waals surface area contributed by atoms with Crippen LogP contribution in [0.25, 0.3) is 0 Å². The first-order chi connectivity index (χ1) is 9.13. The van der Waals surface area contributed by atoms with Gasteiger partial charge in [0.1, 0.15) is 22.4 Å².